The van der Waals surface area contributed by atoms with Gasteiger partial charge in [-0.1, -0.05) is 42.5 Å². The summed E-state index contributed by atoms with van der Waals surface area (Å²) < 4.78 is 12.3. The molecule has 2 aromatic carbocycles. The van der Waals surface area contributed by atoms with Crippen LogP contribution in [-0.2, 0) is 16.0 Å². The summed E-state index contributed by atoms with van der Waals surface area (Å²) in [6.45, 7) is 4.62. The first-order chi connectivity index (χ1) is 14.9. The molecule has 0 N–H and O–H groups in total. The number of hydrogen-bond acceptors (Lipinski definition) is 5. The van der Waals surface area contributed by atoms with Gasteiger partial charge >= 0.3 is 5.97 Å². The maximum Gasteiger partial charge on any atom is 0.338 e. The average Bonchev–Trinajstić information content (AvgIpc) is 3.09. The summed E-state index contributed by atoms with van der Waals surface area (Å²) >= 11 is 0. The van der Waals surface area contributed by atoms with Gasteiger partial charge < -0.3 is 14.0 Å². The Kier molecular flexibility index (Phi) is 7.15. The number of aryl methyl sites for hydroxylation is 1. The molecule has 0 bridgehead atoms. The third-order valence-electron chi connectivity index (χ3n) is 5.15. The molecule has 0 fully saturated rings. The highest BCUT2D eigenvalue weighted by molar-refractivity contribution is 6.09. The van der Waals surface area contributed by atoms with E-state index in [9.17, 15) is 14.4 Å². The number of aromatic nitrogens is 1. The first-order valence-electron chi connectivity index (χ1n) is 9.98. The van der Waals surface area contributed by atoms with Crippen molar-refractivity contribution >= 4 is 17.5 Å². The van der Waals surface area contributed by atoms with E-state index >= 15 is 0 Å². The predicted molar refractivity (Wildman–Crippen MR) is 117 cm³/mol. The number of carbonyl (C=O) groups is 3. The summed E-state index contributed by atoms with van der Waals surface area (Å²) in [7, 11) is 1.63. The van der Waals surface area contributed by atoms with Crippen LogP contribution in [0.4, 0.5) is 0 Å². The van der Waals surface area contributed by atoms with E-state index in [1.807, 2.05) is 24.5 Å². The Morgan fingerprint density at radius 1 is 0.871 bits per heavy atom. The van der Waals surface area contributed by atoms with Crippen molar-refractivity contribution in [3.8, 4) is 0 Å². The maximum absolute atomic E-state index is 12.6. The van der Waals surface area contributed by atoms with Gasteiger partial charge in [-0.05, 0) is 32.0 Å². The normalized spacial score (nSPS) is 10.7. The summed E-state index contributed by atoms with van der Waals surface area (Å²) in [5.74, 6) is -0.999. The molecule has 0 aliphatic rings. The molecule has 0 unspecified atom stereocenters. The standard InChI is InChI=1S/C25H25NO5/c1-17-15-22(18(2)26(17)13-14-30-3)23(27)16-31-25(29)21-11-9-20(10-12-21)24(28)19-7-5-4-6-8-19/h4-12,15H,13-14,16H2,1-3H3. The number of methoxy groups -OCH3 is 1. The Balaban J connectivity index is 1.62. The fourth-order valence-corrected chi connectivity index (χ4v) is 3.42. The van der Waals surface area contributed by atoms with Crippen LogP contribution in [0.2, 0.25) is 0 Å². The second-order valence-electron chi connectivity index (χ2n) is 7.20. The lowest BCUT2D eigenvalue weighted by Gasteiger charge is -2.09. The Morgan fingerprint density at radius 3 is 2.13 bits per heavy atom. The quantitative estimate of drug-likeness (QED) is 0.387. The molecule has 0 amide bonds. The van der Waals surface area contributed by atoms with Gasteiger partial charge in [-0.15, -0.1) is 0 Å². The molecule has 31 heavy (non-hydrogen) atoms. The first-order valence-corrected chi connectivity index (χ1v) is 9.98. The van der Waals surface area contributed by atoms with Gasteiger partial charge in [0.15, 0.2) is 12.4 Å². The van der Waals surface area contributed by atoms with Crippen molar-refractivity contribution in [3.63, 3.8) is 0 Å². The van der Waals surface area contributed by atoms with Crippen LogP contribution in [0.5, 0.6) is 0 Å². The molecule has 0 spiro atoms. The van der Waals surface area contributed by atoms with E-state index < -0.39 is 5.97 Å². The zero-order chi connectivity index (χ0) is 22.4. The fourth-order valence-electron chi connectivity index (χ4n) is 3.42. The van der Waals surface area contributed by atoms with Crippen molar-refractivity contribution in [2.24, 2.45) is 0 Å². The van der Waals surface area contributed by atoms with Crippen molar-refractivity contribution < 1.29 is 23.9 Å². The highest BCUT2D eigenvalue weighted by Crippen LogP contribution is 2.17. The van der Waals surface area contributed by atoms with Gasteiger partial charge in [0, 0.05) is 41.7 Å². The SMILES string of the molecule is COCCn1c(C)cc(C(=O)COC(=O)c2ccc(C(=O)c3ccccc3)cc2)c1C. The van der Waals surface area contributed by atoms with E-state index in [-0.39, 0.29) is 23.7 Å². The van der Waals surface area contributed by atoms with E-state index in [1.54, 1.807) is 49.6 Å². The second kappa shape index (κ2) is 10.00. The first kappa shape index (κ1) is 22.2. The van der Waals surface area contributed by atoms with Gasteiger partial charge in [-0.3, -0.25) is 9.59 Å². The summed E-state index contributed by atoms with van der Waals surface area (Å²) in [5, 5.41) is 0. The van der Waals surface area contributed by atoms with Gasteiger partial charge in [-0.2, -0.15) is 0 Å². The van der Waals surface area contributed by atoms with E-state index in [0.717, 1.165) is 11.4 Å². The number of nitrogens with zero attached hydrogens (tertiary/aromatic N) is 1. The third kappa shape index (κ3) is 5.16. The Hall–Kier alpha value is -3.51. The lowest BCUT2D eigenvalue weighted by atomic mass is 10.0. The minimum Gasteiger partial charge on any atom is -0.454 e. The summed E-state index contributed by atoms with van der Waals surface area (Å²) in [6, 6.07) is 16.9. The molecule has 0 saturated carbocycles. The minimum atomic E-state index is -0.611. The number of ketones is 2. The van der Waals surface area contributed by atoms with Crippen LogP contribution in [-0.4, -0.2) is 42.4 Å². The molecule has 0 aliphatic heterocycles. The van der Waals surface area contributed by atoms with Crippen LogP contribution in [0, 0.1) is 13.8 Å². The number of Topliss-reactive ketones (excluding diaryl/α,β-unsaturated/α-hetero) is 1. The van der Waals surface area contributed by atoms with Gasteiger partial charge in [0.1, 0.15) is 0 Å². The molecule has 3 aromatic rings. The minimum absolute atomic E-state index is 0.125. The van der Waals surface area contributed by atoms with Crippen molar-refractivity contribution in [1.82, 2.24) is 4.57 Å². The zero-order valence-electron chi connectivity index (χ0n) is 17.9. The number of rotatable bonds is 9. The van der Waals surface area contributed by atoms with E-state index in [1.165, 1.54) is 12.1 Å². The summed E-state index contributed by atoms with van der Waals surface area (Å²) in [4.78, 5) is 37.4. The Labute approximate surface area is 181 Å². The molecule has 6 heteroatoms. The Morgan fingerprint density at radius 2 is 1.48 bits per heavy atom. The van der Waals surface area contributed by atoms with Crippen LogP contribution >= 0.6 is 0 Å². The molecule has 1 aromatic heterocycles. The lowest BCUT2D eigenvalue weighted by molar-refractivity contribution is 0.0474. The van der Waals surface area contributed by atoms with E-state index in [4.69, 9.17) is 9.47 Å². The maximum atomic E-state index is 12.6. The van der Waals surface area contributed by atoms with E-state index in [2.05, 4.69) is 0 Å². The van der Waals surface area contributed by atoms with Gasteiger partial charge in [0.2, 0.25) is 5.78 Å². The van der Waals surface area contributed by atoms with Crippen LogP contribution < -0.4 is 0 Å². The molecule has 6 nitrogen and oxygen atoms in total. The van der Waals surface area contributed by atoms with Crippen molar-refractivity contribution in [2.45, 2.75) is 20.4 Å². The number of benzene rings is 2. The molecule has 0 atom stereocenters. The summed E-state index contributed by atoms with van der Waals surface area (Å²) in [6.07, 6.45) is 0. The number of carbonyl (C=O) groups excluding carboxylic acids is 3. The molecule has 3 rings (SSSR count). The molecule has 160 valence electrons. The second-order valence-corrected chi connectivity index (χ2v) is 7.20. The third-order valence-corrected chi connectivity index (χ3v) is 5.15. The van der Waals surface area contributed by atoms with Gasteiger partial charge in [0.05, 0.1) is 12.2 Å². The number of esters is 1. The topological polar surface area (TPSA) is 74.6 Å². The molecule has 1 heterocycles. The average molecular weight is 419 g/mol. The number of hydrogen-bond donors (Lipinski definition) is 0. The zero-order valence-corrected chi connectivity index (χ0v) is 17.9. The smallest absolute Gasteiger partial charge is 0.338 e. The van der Waals surface area contributed by atoms with E-state index in [0.29, 0.717) is 29.8 Å². The predicted octanol–water partition coefficient (Wildman–Crippen LogP) is 4.02. The van der Waals surface area contributed by atoms with Crippen LogP contribution in [0.3, 0.4) is 0 Å². The molecular weight excluding hydrogens is 394 g/mol. The van der Waals surface area contributed by atoms with Crippen LogP contribution in [0.15, 0.2) is 60.7 Å². The van der Waals surface area contributed by atoms with Crippen molar-refractivity contribution in [1.29, 1.82) is 0 Å². The number of ether oxygens (including phenoxy) is 2. The molecule has 0 radical (unpaired) electrons. The van der Waals surface area contributed by atoms with Gasteiger partial charge in [-0.25, -0.2) is 4.79 Å². The largest absolute Gasteiger partial charge is 0.454 e. The van der Waals surface area contributed by atoms with Crippen LogP contribution in [0.25, 0.3) is 0 Å². The van der Waals surface area contributed by atoms with Crippen molar-refractivity contribution in [3.05, 3.63) is 94.3 Å². The van der Waals surface area contributed by atoms with Crippen LogP contribution in [0.1, 0.15) is 48.0 Å². The summed E-state index contributed by atoms with van der Waals surface area (Å²) in [5.41, 5.74) is 3.63. The lowest BCUT2D eigenvalue weighted by Crippen LogP contribution is -2.15. The monoisotopic (exact) mass is 419 g/mol. The highest BCUT2D eigenvalue weighted by Gasteiger charge is 2.18. The van der Waals surface area contributed by atoms with Gasteiger partial charge in [0.25, 0.3) is 0 Å². The fraction of sp³-hybridized carbons (Fsp3) is 0.240. The highest BCUT2D eigenvalue weighted by atomic mass is 16.5. The molecular formula is C25H25NO5. The Bertz CT molecular complexity index is 1080. The van der Waals surface area contributed by atoms with Crippen molar-refractivity contribution in [2.75, 3.05) is 20.3 Å². The molecule has 0 aliphatic carbocycles. The molecule has 0 saturated heterocycles.